The highest BCUT2D eigenvalue weighted by molar-refractivity contribution is 5.97. The lowest BCUT2D eigenvalue weighted by molar-refractivity contribution is -0.158. The highest BCUT2D eigenvalue weighted by Gasteiger charge is 2.73. The van der Waals surface area contributed by atoms with E-state index in [1.165, 1.54) is 0 Å². The maximum atomic E-state index is 12.0. The number of hydrogen-bond donors (Lipinski definition) is 0. The van der Waals surface area contributed by atoms with Crippen molar-refractivity contribution in [3.8, 4) is 0 Å². The summed E-state index contributed by atoms with van der Waals surface area (Å²) in [5.41, 5.74) is 0. The van der Waals surface area contributed by atoms with Gasteiger partial charge >= 0.3 is 24.4 Å². The molecule has 4 bridgehead atoms. The lowest BCUT2D eigenvalue weighted by Gasteiger charge is -2.40. The molecule has 0 aromatic heterocycles. The Kier molecular flexibility index (Phi) is 2.31. The molecule has 1 aliphatic heterocycles. The molecule has 116 valence electrons. The predicted octanol–water partition coefficient (Wildman–Crippen LogP) is 0.540. The Labute approximate surface area is 126 Å². The van der Waals surface area contributed by atoms with Gasteiger partial charge in [-0.1, -0.05) is 0 Å². The molecule has 5 fully saturated rings. The molecule has 0 spiro atoms. The Balaban J connectivity index is 1.47. The number of carbonyl (C=O) groups is 4. The van der Waals surface area contributed by atoms with Crippen molar-refractivity contribution < 1.29 is 28.7 Å². The van der Waals surface area contributed by atoms with Crippen LogP contribution in [0.5, 0.6) is 0 Å². The van der Waals surface area contributed by atoms with Crippen LogP contribution in [0.25, 0.3) is 0 Å². The van der Waals surface area contributed by atoms with E-state index in [0.29, 0.717) is 17.8 Å². The van der Waals surface area contributed by atoms with Gasteiger partial charge < -0.3 is 9.47 Å². The van der Waals surface area contributed by atoms with Crippen molar-refractivity contribution in [2.45, 2.75) is 19.3 Å². The Morgan fingerprint density at radius 1 is 1.00 bits per heavy atom. The second kappa shape index (κ2) is 3.97. The molecule has 6 heteroatoms. The summed E-state index contributed by atoms with van der Waals surface area (Å²) in [4.78, 5) is 46.3. The number of hydrogen-bond acceptors (Lipinski definition) is 6. The van der Waals surface area contributed by atoms with Gasteiger partial charge in [0.15, 0.2) is 0 Å². The van der Waals surface area contributed by atoms with E-state index in [1.807, 2.05) is 0 Å². The van der Waals surface area contributed by atoms with Gasteiger partial charge in [0.2, 0.25) is 0 Å². The lowest BCUT2D eigenvalue weighted by atomic mass is 9.62. The Morgan fingerprint density at radius 3 is 2.36 bits per heavy atom. The summed E-state index contributed by atoms with van der Waals surface area (Å²) in [5.74, 6) is -0.0932. The monoisotopic (exact) mass is 304 g/mol. The zero-order valence-corrected chi connectivity index (χ0v) is 11.8. The molecule has 6 nitrogen and oxygen atoms in total. The molecule has 0 aromatic carbocycles. The summed E-state index contributed by atoms with van der Waals surface area (Å²) >= 11 is 0. The van der Waals surface area contributed by atoms with Gasteiger partial charge in [0.1, 0.15) is 0 Å². The van der Waals surface area contributed by atoms with Crippen LogP contribution in [0, 0.1) is 53.3 Å². The van der Waals surface area contributed by atoms with E-state index < -0.39 is 5.97 Å². The summed E-state index contributed by atoms with van der Waals surface area (Å²) in [6.45, 7) is 0.204. The quantitative estimate of drug-likeness (QED) is 0.320. The first-order chi connectivity index (χ1) is 10.6. The molecule has 22 heavy (non-hydrogen) atoms. The van der Waals surface area contributed by atoms with Crippen molar-refractivity contribution in [1.29, 1.82) is 0 Å². The van der Waals surface area contributed by atoms with Crippen LogP contribution in [0.3, 0.4) is 0 Å². The number of cyclic esters (lactones) is 2. The molecule has 4 saturated carbocycles. The highest BCUT2D eigenvalue weighted by Crippen LogP contribution is 2.72. The van der Waals surface area contributed by atoms with Crippen molar-refractivity contribution >= 4 is 24.4 Å². The molecule has 9 atom stereocenters. The minimum Gasteiger partial charge on any atom is -0.395 e. The van der Waals surface area contributed by atoms with Crippen LogP contribution in [0.15, 0.2) is 0 Å². The fourth-order valence-corrected chi connectivity index (χ4v) is 6.91. The minimum atomic E-state index is -0.426. The Morgan fingerprint density at radius 2 is 1.68 bits per heavy atom. The average molecular weight is 304 g/mol. The summed E-state index contributed by atoms with van der Waals surface area (Å²) in [5, 5.41) is 0. The fraction of sp³-hybridized carbons (Fsp3) is 0.750. The Hall–Kier alpha value is -1.72. The number of ether oxygens (including phenoxy) is 2. The molecule has 0 amide bonds. The number of carbonyl (C=O) groups excluding carboxylic acids is 4. The SMILES string of the molecule is O=COC(=O)C1CC2CC1C1C3CC(C4C(=O)OC(=O)C34)C21. The first kappa shape index (κ1) is 12.8. The van der Waals surface area contributed by atoms with Gasteiger partial charge in [-0.15, -0.1) is 0 Å². The van der Waals surface area contributed by atoms with Crippen molar-refractivity contribution in [2.75, 3.05) is 0 Å². The molecule has 9 unspecified atom stereocenters. The average Bonchev–Trinajstić information content (AvgIpc) is 3.23. The van der Waals surface area contributed by atoms with Crippen molar-refractivity contribution in [1.82, 2.24) is 0 Å². The van der Waals surface area contributed by atoms with Gasteiger partial charge in [-0.05, 0) is 54.8 Å². The van der Waals surface area contributed by atoms with E-state index in [2.05, 4.69) is 4.74 Å². The number of esters is 3. The van der Waals surface area contributed by atoms with Gasteiger partial charge in [0.05, 0.1) is 17.8 Å². The third-order valence-electron chi connectivity index (χ3n) is 7.19. The third kappa shape index (κ3) is 1.28. The second-order valence-electron chi connectivity index (χ2n) is 7.54. The topological polar surface area (TPSA) is 86.7 Å². The van der Waals surface area contributed by atoms with Crippen LogP contribution in [0.2, 0.25) is 0 Å². The normalized spacial score (nSPS) is 53.4. The standard InChI is InChI=1S/C16H16O6/c17-4-21-14(18)7-2-5-1-6(7)11-9-3-8(10(5)11)12-13(9)16(20)22-15(12)19/h4-13H,1-3H2. The van der Waals surface area contributed by atoms with Crippen LogP contribution in [0.4, 0.5) is 0 Å². The smallest absolute Gasteiger partial charge is 0.317 e. The summed E-state index contributed by atoms with van der Waals surface area (Å²) < 4.78 is 9.43. The molecule has 5 aliphatic rings. The molecule has 1 heterocycles. The van der Waals surface area contributed by atoms with Crippen LogP contribution in [0.1, 0.15) is 19.3 Å². The highest BCUT2D eigenvalue weighted by atomic mass is 16.6. The fourth-order valence-electron chi connectivity index (χ4n) is 6.91. The molecule has 1 saturated heterocycles. The molecule has 4 aliphatic carbocycles. The molecular weight excluding hydrogens is 288 g/mol. The molecule has 0 N–H and O–H groups in total. The van der Waals surface area contributed by atoms with E-state index in [0.717, 1.165) is 19.3 Å². The summed E-state index contributed by atoms with van der Waals surface area (Å²) in [7, 11) is 0. The molecular formula is C16H16O6. The molecule has 5 rings (SSSR count). The van der Waals surface area contributed by atoms with Crippen LogP contribution >= 0.6 is 0 Å². The summed E-state index contributed by atoms with van der Waals surface area (Å²) in [6, 6.07) is 0. The van der Waals surface area contributed by atoms with Gasteiger partial charge in [-0.3, -0.25) is 19.2 Å². The van der Waals surface area contributed by atoms with Crippen molar-refractivity contribution in [2.24, 2.45) is 53.3 Å². The maximum Gasteiger partial charge on any atom is 0.317 e. The largest absolute Gasteiger partial charge is 0.395 e. The van der Waals surface area contributed by atoms with Crippen molar-refractivity contribution in [3.05, 3.63) is 0 Å². The minimum absolute atomic E-state index is 0.167. The third-order valence-corrected chi connectivity index (χ3v) is 7.19. The van der Waals surface area contributed by atoms with E-state index in [1.54, 1.807) is 0 Å². The van der Waals surface area contributed by atoms with E-state index in [-0.39, 0.29) is 53.9 Å². The Bertz CT molecular complexity index is 612. The van der Waals surface area contributed by atoms with E-state index >= 15 is 0 Å². The number of fused-ring (bicyclic) bond motifs is 12. The first-order valence-corrected chi connectivity index (χ1v) is 8.01. The van der Waals surface area contributed by atoms with Gasteiger partial charge in [-0.25, -0.2) is 0 Å². The van der Waals surface area contributed by atoms with Crippen LogP contribution in [-0.2, 0) is 28.7 Å². The second-order valence-corrected chi connectivity index (χ2v) is 7.54. The van der Waals surface area contributed by atoms with Crippen molar-refractivity contribution in [3.63, 3.8) is 0 Å². The van der Waals surface area contributed by atoms with Crippen LogP contribution in [-0.4, -0.2) is 24.4 Å². The van der Waals surface area contributed by atoms with Crippen LogP contribution < -0.4 is 0 Å². The van der Waals surface area contributed by atoms with E-state index in [9.17, 15) is 19.2 Å². The molecule has 0 radical (unpaired) electrons. The first-order valence-electron chi connectivity index (χ1n) is 8.01. The van der Waals surface area contributed by atoms with Gasteiger partial charge in [0, 0.05) is 0 Å². The van der Waals surface area contributed by atoms with Gasteiger partial charge in [0.25, 0.3) is 0 Å². The van der Waals surface area contributed by atoms with E-state index in [4.69, 9.17) is 4.74 Å². The lowest BCUT2D eigenvalue weighted by Crippen LogP contribution is -2.43. The number of rotatable bonds is 2. The predicted molar refractivity (Wildman–Crippen MR) is 68.5 cm³/mol. The zero-order chi connectivity index (χ0) is 15.2. The zero-order valence-electron chi connectivity index (χ0n) is 11.8. The molecule has 0 aromatic rings. The summed E-state index contributed by atoms with van der Waals surface area (Å²) in [6.07, 6.45) is 2.62. The van der Waals surface area contributed by atoms with Gasteiger partial charge in [-0.2, -0.15) is 0 Å². The maximum absolute atomic E-state index is 12.0.